The monoisotopic (exact) mass is 534 g/mol. The van der Waals surface area contributed by atoms with Crippen molar-refractivity contribution in [3.63, 3.8) is 0 Å². The molecule has 2 saturated heterocycles. The fourth-order valence-corrected chi connectivity index (χ4v) is 6.13. The molecule has 2 aromatic rings. The molecule has 1 aliphatic carbocycles. The number of amides is 4. The van der Waals surface area contributed by atoms with Crippen LogP contribution in [0.1, 0.15) is 30.4 Å². The third-order valence-electron chi connectivity index (χ3n) is 8.36. The van der Waals surface area contributed by atoms with Gasteiger partial charge in [0.25, 0.3) is 0 Å². The smallest absolute Gasteiger partial charge is 0.324 e. The third-order valence-corrected chi connectivity index (χ3v) is 8.36. The van der Waals surface area contributed by atoms with Gasteiger partial charge in [0.1, 0.15) is 5.75 Å². The highest BCUT2D eigenvalue weighted by Gasteiger charge is 2.46. The van der Waals surface area contributed by atoms with E-state index in [1.165, 1.54) is 4.90 Å². The van der Waals surface area contributed by atoms with Gasteiger partial charge in [-0.15, -0.1) is 0 Å². The summed E-state index contributed by atoms with van der Waals surface area (Å²) in [5.74, 6) is 1.82. The first-order chi connectivity index (χ1) is 19.0. The van der Waals surface area contributed by atoms with Crippen molar-refractivity contribution >= 4 is 17.8 Å². The summed E-state index contributed by atoms with van der Waals surface area (Å²) in [4.78, 5) is 45.1. The summed E-state index contributed by atoms with van der Waals surface area (Å²) >= 11 is 0. The summed E-state index contributed by atoms with van der Waals surface area (Å²) in [7, 11) is 1.60. The van der Waals surface area contributed by atoms with E-state index in [4.69, 9.17) is 14.2 Å². The van der Waals surface area contributed by atoms with E-state index in [-0.39, 0.29) is 49.1 Å². The molecule has 1 saturated carbocycles. The molecule has 3 unspecified atom stereocenters. The third kappa shape index (κ3) is 5.25. The molecule has 10 heteroatoms. The summed E-state index contributed by atoms with van der Waals surface area (Å²) < 4.78 is 16.1. The van der Waals surface area contributed by atoms with Crippen molar-refractivity contribution in [3.05, 3.63) is 53.6 Å². The van der Waals surface area contributed by atoms with Crippen LogP contribution in [0, 0.1) is 11.8 Å². The number of carbonyl (C=O) groups is 3. The Morgan fingerprint density at radius 1 is 0.949 bits per heavy atom. The van der Waals surface area contributed by atoms with Gasteiger partial charge in [-0.05, 0) is 54.7 Å². The Morgan fingerprint density at radius 3 is 2.46 bits per heavy atom. The van der Waals surface area contributed by atoms with Crippen molar-refractivity contribution in [1.29, 1.82) is 0 Å². The lowest BCUT2D eigenvalue weighted by molar-refractivity contribution is -0.144. The minimum atomic E-state index is -0.387. The number of ether oxygens (including phenoxy) is 3. The number of urea groups is 1. The highest BCUT2D eigenvalue weighted by Crippen LogP contribution is 2.35. The normalized spacial score (nSPS) is 24.8. The average molecular weight is 535 g/mol. The van der Waals surface area contributed by atoms with Crippen molar-refractivity contribution in [2.45, 2.75) is 38.4 Å². The number of fused-ring (bicyclic) bond motifs is 2. The number of rotatable bonds is 6. The van der Waals surface area contributed by atoms with Gasteiger partial charge in [-0.1, -0.05) is 18.2 Å². The highest BCUT2D eigenvalue weighted by atomic mass is 16.7. The maximum atomic E-state index is 13.4. The Labute approximate surface area is 227 Å². The van der Waals surface area contributed by atoms with E-state index in [0.717, 1.165) is 48.0 Å². The highest BCUT2D eigenvalue weighted by molar-refractivity contribution is 5.99. The van der Waals surface area contributed by atoms with Crippen LogP contribution in [0.3, 0.4) is 0 Å². The molecule has 3 aliphatic heterocycles. The van der Waals surface area contributed by atoms with Crippen molar-refractivity contribution in [2.75, 3.05) is 40.1 Å². The molecule has 1 N–H and O–H groups in total. The Hall–Kier alpha value is -3.79. The van der Waals surface area contributed by atoms with E-state index in [9.17, 15) is 14.4 Å². The Balaban J connectivity index is 1.00. The Morgan fingerprint density at radius 2 is 1.69 bits per heavy atom. The van der Waals surface area contributed by atoms with E-state index >= 15 is 0 Å². The molecule has 3 heterocycles. The zero-order chi connectivity index (χ0) is 26.9. The van der Waals surface area contributed by atoms with E-state index < -0.39 is 0 Å². The first kappa shape index (κ1) is 25.5. The number of hydrogen-bond donors (Lipinski definition) is 1. The predicted molar refractivity (Wildman–Crippen MR) is 141 cm³/mol. The van der Waals surface area contributed by atoms with Crippen LogP contribution in [-0.4, -0.2) is 78.7 Å². The summed E-state index contributed by atoms with van der Waals surface area (Å²) in [6.07, 6.45) is 1.77. The molecule has 10 nitrogen and oxygen atoms in total. The van der Waals surface area contributed by atoms with Crippen LogP contribution in [0.15, 0.2) is 42.5 Å². The van der Waals surface area contributed by atoms with Gasteiger partial charge >= 0.3 is 6.03 Å². The number of benzene rings is 2. The van der Waals surface area contributed by atoms with Gasteiger partial charge in [0.2, 0.25) is 18.6 Å². The molecule has 4 aliphatic rings. The Kier molecular flexibility index (Phi) is 7.03. The second-order valence-electron chi connectivity index (χ2n) is 10.7. The zero-order valence-electron chi connectivity index (χ0n) is 22.1. The summed E-state index contributed by atoms with van der Waals surface area (Å²) in [5, 5.41) is 3.02. The largest absolute Gasteiger partial charge is 0.497 e. The molecule has 6 rings (SSSR count). The summed E-state index contributed by atoms with van der Waals surface area (Å²) in [6, 6.07) is 12.7. The fraction of sp³-hybridized carbons (Fsp3) is 0.483. The first-order valence-corrected chi connectivity index (χ1v) is 13.6. The van der Waals surface area contributed by atoms with E-state index in [2.05, 4.69) is 16.3 Å². The van der Waals surface area contributed by atoms with Crippen LogP contribution in [0.5, 0.6) is 17.2 Å². The summed E-state index contributed by atoms with van der Waals surface area (Å²) in [6.45, 7) is 4.23. The molecular weight excluding hydrogens is 500 g/mol. The standard InChI is InChI=1S/C29H34N4O6/c1-37-22-6-2-19(3-7-22)17-33-28(35)23-8-5-21(15-24(23)30-29(33)36)27(34)32-12-10-31(11-13-32)16-20-4-9-25-26(14-20)39-18-38-25/h2-4,6-7,9,14,21,23-24H,5,8,10-13,15-18H2,1H3,(H,30,36). The molecule has 0 radical (unpaired) electrons. The van der Waals surface area contributed by atoms with Crippen LogP contribution < -0.4 is 19.5 Å². The van der Waals surface area contributed by atoms with Gasteiger partial charge in [-0.2, -0.15) is 0 Å². The van der Waals surface area contributed by atoms with Crippen molar-refractivity contribution in [1.82, 2.24) is 20.0 Å². The molecule has 4 amide bonds. The van der Waals surface area contributed by atoms with Crippen LogP contribution in [-0.2, 0) is 22.7 Å². The van der Waals surface area contributed by atoms with Crippen LogP contribution >= 0.6 is 0 Å². The number of imide groups is 1. The van der Waals surface area contributed by atoms with Gasteiger partial charge < -0.3 is 24.4 Å². The van der Waals surface area contributed by atoms with E-state index in [0.29, 0.717) is 32.4 Å². The molecular formula is C29H34N4O6. The van der Waals surface area contributed by atoms with E-state index in [1.807, 2.05) is 41.3 Å². The molecule has 3 atom stereocenters. The lowest BCUT2D eigenvalue weighted by Gasteiger charge is -2.43. The molecule has 0 aromatic heterocycles. The van der Waals surface area contributed by atoms with Gasteiger partial charge in [0.15, 0.2) is 11.5 Å². The van der Waals surface area contributed by atoms with Crippen molar-refractivity contribution in [3.8, 4) is 17.2 Å². The van der Waals surface area contributed by atoms with Crippen LogP contribution in [0.2, 0.25) is 0 Å². The average Bonchev–Trinajstić information content (AvgIpc) is 3.43. The molecule has 3 fully saturated rings. The number of nitrogens with zero attached hydrogens (tertiary/aromatic N) is 3. The van der Waals surface area contributed by atoms with Gasteiger partial charge in [0.05, 0.1) is 19.6 Å². The number of nitrogens with one attached hydrogen (secondary N) is 1. The van der Waals surface area contributed by atoms with E-state index in [1.54, 1.807) is 7.11 Å². The number of methoxy groups -OCH3 is 1. The maximum absolute atomic E-state index is 13.4. The number of carbonyl (C=O) groups excluding carboxylic acids is 3. The predicted octanol–water partition coefficient (Wildman–Crippen LogP) is 2.60. The molecule has 0 bridgehead atoms. The van der Waals surface area contributed by atoms with Gasteiger partial charge in [-0.25, -0.2) is 4.79 Å². The second kappa shape index (κ2) is 10.8. The minimum Gasteiger partial charge on any atom is -0.497 e. The lowest BCUT2D eigenvalue weighted by Crippen LogP contribution is -2.62. The quantitative estimate of drug-likeness (QED) is 0.608. The van der Waals surface area contributed by atoms with Gasteiger partial charge in [-0.3, -0.25) is 19.4 Å². The van der Waals surface area contributed by atoms with Crippen LogP contribution in [0.4, 0.5) is 4.79 Å². The minimum absolute atomic E-state index is 0.138. The fourth-order valence-electron chi connectivity index (χ4n) is 6.13. The molecule has 0 spiro atoms. The zero-order valence-corrected chi connectivity index (χ0v) is 22.1. The number of hydrogen-bond acceptors (Lipinski definition) is 7. The molecule has 39 heavy (non-hydrogen) atoms. The molecule has 206 valence electrons. The molecule has 2 aromatic carbocycles. The first-order valence-electron chi connectivity index (χ1n) is 13.6. The SMILES string of the molecule is COc1ccc(CN2C(=O)NC3CC(C(=O)N4CCN(Cc5ccc6c(c5)OCO6)CC4)CCC3C2=O)cc1. The lowest BCUT2D eigenvalue weighted by atomic mass is 9.76. The summed E-state index contributed by atoms with van der Waals surface area (Å²) in [5.41, 5.74) is 2.02. The van der Waals surface area contributed by atoms with Crippen LogP contribution in [0.25, 0.3) is 0 Å². The number of piperazine rings is 1. The van der Waals surface area contributed by atoms with Crippen molar-refractivity contribution in [2.24, 2.45) is 11.8 Å². The second-order valence-corrected chi connectivity index (χ2v) is 10.7. The topological polar surface area (TPSA) is 101 Å². The Bertz CT molecular complexity index is 1240. The van der Waals surface area contributed by atoms with Crippen molar-refractivity contribution < 1.29 is 28.6 Å². The van der Waals surface area contributed by atoms with Gasteiger partial charge in [0, 0.05) is 44.7 Å². The maximum Gasteiger partial charge on any atom is 0.324 e.